The minimum absolute atomic E-state index is 0. The first-order chi connectivity index (χ1) is 25.1. The summed E-state index contributed by atoms with van der Waals surface area (Å²) in [6.07, 6.45) is 8.81. The van der Waals surface area contributed by atoms with Gasteiger partial charge in [0.25, 0.3) is 0 Å². The van der Waals surface area contributed by atoms with E-state index in [1.165, 1.54) is 91.0 Å². The van der Waals surface area contributed by atoms with Crippen LogP contribution < -0.4 is 0 Å². The number of piperidine rings is 1. The molecule has 0 radical (unpaired) electrons. The van der Waals surface area contributed by atoms with Crippen LogP contribution in [0.4, 0.5) is 0 Å². The first-order valence-electron chi connectivity index (χ1n) is 23.1. The fourth-order valence-electron chi connectivity index (χ4n) is 8.13. The fraction of sp³-hybridized carbons (Fsp3) is 0.980. The molecule has 0 saturated carbocycles. The number of amides is 1. The molecule has 7 heteroatoms. The molecular weight excluding hydrogens is 701 g/mol. The SMILES string of the molecule is C.CC(C)(C)N1CCC1.CC(C)(C)N1CCCC1=O.CC(C)(C)N1CCCCC1.CC1(C)CN(C(C)(C)C)C1.CC1CCN1C(C)(C)C.CC1CN(C(C)(C)C)C1. The summed E-state index contributed by atoms with van der Waals surface area (Å²) < 4.78 is 0. The highest BCUT2D eigenvalue weighted by molar-refractivity contribution is 5.78. The van der Waals surface area contributed by atoms with E-state index in [1.54, 1.807) is 0 Å². The molecule has 0 aromatic rings. The zero-order valence-electron chi connectivity index (χ0n) is 42.3. The molecule has 6 fully saturated rings. The summed E-state index contributed by atoms with van der Waals surface area (Å²) in [5.41, 5.74) is 2.64. The highest BCUT2D eigenvalue weighted by Gasteiger charge is 2.39. The molecule has 6 aliphatic heterocycles. The Bertz CT molecular complexity index is 1100. The maximum absolute atomic E-state index is 11.1. The minimum atomic E-state index is 0. The van der Waals surface area contributed by atoms with Crippen molar-refractivity contribution >= 4 is 5.91 Å². The van der Waals surface area contributed by atoms with Gasteiger partial charge in [0.1, 0.15) is 0 Å². The number of rotatable bonds is 0. The van der Waals surface area contributed by atoms with E-state index in [1.807, 2.05) is 4.90 Å². The van der Waals surface area contributed by atoms with Crippen LogP contribution in [0.25, 0.3) is 0 Å². The van der Waals surface area contributed by atoms with Gasteiger partial charge in [0.2, 0.25) is 5.91 Å². The summed E-state index contributed by atoms with van der Waals surface area (Å²) in [4.78, 5) is 25.7. The largest absolute Gasteiger partial charge is 0.338 e. The van der Waals surface area contributed by atoms with Gasteiger partial charge in [0, 0.05) is 85.0 Å². The summed E-state index contributed by atoms with van der Waals surface area (Å²) >= 11 is 0. The van der Waals surface area contributed by atoms with Crippen LogP contribution in [0.1, 0.15) is 205 Å². The van der Waals surface area contributed by atoms with Gasteiger partial charge in [-0.05, 0) is 201 Å². The number of hydrogen-bond donors (Lipinski definition) is 0. The van der Waals surface area contributed by atoms with E-state index in [0.29, 0.717) is 39.0 Å². The number of likely N-dealkylation sites (tertiary alicyclic amines) is 6. The van der Waals surface area contributed by atoms with Crippen LogP contribution in [0.3, 0.4) is 0 Å². The van der Waals surface area contributed by atoms with Gasteiger partial charge in [0.05, 0.1) is 0 Å². The van der Waals surface area contributed by atoms with Crippen LogP contribution in [0.15, 0.2) is 0 Å². The van der Waals surface area contributed by atoms with Crippen LogP contribution in [-0.4, -0.2) is 140 Å². The van der Waals surface area contributed by atoms with Gasteiger partial charge in [-0.2, -0.15) is 0 Å². The maximum Gasteiger partial charge on any atom is 0.223 e. The van der Waals surface area contributed by atoms with Crippen molar-refractivity contribution in [3.05, 3.63) is 0 Å². The molecule has 57 heavy (non-hydrogen) atoms. The lowest BCUT2D eigenvalue weighted by molar-refractivity contribution is -0.131. The second-order valence-electron chi connectivity index (χ2n) is 24.9. The summed E-state index contributed by atoms with van der Waals surface area (Å²) in [6.45, 7) is 62.3. The first kappa shape index (κ1) is 56.3. The molecule has 6 aliphatic rings. The van der Waals surface area contributed by atoms with E-state index in [2.05, 4.69) is 177 Å². The summed E-state index contributed by atoms with van der Waals surface area (Å²) in [5.74, 6) is 1.25. The van der Waals surface area contributed by atoms with Gasteiger partial charge >= 0.3 is 0 Å². The summed E-state index contributed by atoms with van der Waals surface area (Å²) in [6, 6.07) is 0.824. The van der Waals surface area contributed by atoms with E-state index in [-0.39, 0.29) is 13.0 Å². The Hall–Kier alpha value is -0.730. The monoisotopic (exact) mass is 807 g/mol. The topological polar surface area (TPSA) is 36.5 Å². The molecule has 1 atom stereocenters. The molecule has 342 valence electrons. The molecule has 6 heterocycles. The van der Waals surface area contributed by atoms with Crippen molar-refractivity contribution in [2.45, 2.75) is 244 Å². The Morgan fingerprint density at radius 2 is 0.877 bits per heavy atom. The Morgan fingerprint density at radius 1 is 0.474 bits per heavy atom. The van der Waals surface area contributed by atoms with Crippen LogP contribution in [-0.2, 0) is 4.79 Å². The number of nitrogens with zero attached hydrogens (tertiary/aromatic N) is 6. The van der Waals surface area contributed by atoms with Crippen LogP contribution in [0.5, 0.6) is 0 Å². The first-order valence-corrected chi connectivity index (χ1v) is 23.1. The predicted octanol–water partition coefficient (Wildman–Crippen LogP) is 11.5. The van der Waals surface area contributed by atoms with Crippen molar-refractivity contribution in [2.75, 3.05) is 65.4 Å². The van der Waals surface area contributed by atoms with Gasteiger partial charge in [-0.1, -0.05) is 34.6 Å². The average molecular weight is 807 g/mol. The van der Waals surface area contributed by atoms with Crippen molar-refractivity contribution in [1.29, 1.82) is 0 Å². The van der Waals surface area contributed by atoms with Gasteiger partial charge in [0.15, 0.2) is 0 Å². The second-order valence-corrected chi connectivity index (χ2v) is 24.9. The smallest absolute Gasteiger partial charge is 0.223 e. The molecule has 0 aromatic carbocycles. The average Bonchev–Trinajstić information content (AvgIpc) is 3.38. The third kappa shape index (κ3) is 21.1. The molecule has 1 amide bonds. The van der Waals surface area contributed by atoms with Gasteiger partial charge in [-0.3, -0.25) is 29.3 Å². The second kappa shape index (κ2) is 22.4. The van der Waals surface area contributed by atoms with Gasteiger partial charge < -0.3 is 4.90 Å². The molecule has 0 bridgehead atoms. The van der Waals surface area contributed by atoms with Crippen LogP contribution >= 0.6 is 0 Å². The molecule has 7 nitrogen and oxygen atoms in total. The summed E-state index contributed by atoms with van der Waals surface area (Å²) in [5, 5.41) is 0. The van der Waals surface area contributed by atoms with E-state index in [9.17, 15) is 4.79 Å². The Morgan fingerprint density at radius 3 is 1.00 bits per heavy atom. The van der Waals surface area contributed by atoms with E-state index in [0.717, 1.165) is 31.3 Å². The highest BCUT2D eigenvalue weighted by atomic mass is 16.2. The zero-order valence-corrected chi connectivity index (χ0v) is 42.3. The number of carbonyl (C=O) groups excluding carboxylic acids is 1. The lowest BCUT2D eigenvalue weighted by Crippen LogP contribution is -2.60. The summed E-state index contributed by atoms with van der Waals surface area (Å²) in [7, 11) is 0. The lowest BCUT2D eigenvalue weighted by atomic mass is 9.81. The Labute approximate surface area is 359 Å². The standard InChI is InChI=1S/2C9H19N.C8H15NO.2C8H17N.C7H15N.CH4/c1-8(2,3)10-6-9(4,5)7-10;1-9(2,3)10-7-5-4-6-8-10;1-8(2,3)9-6-4-5-7(9)10;1-7-5-9(6-7)8(2,3)4;1-7-5-6-9(7)8(2,3)4;1-7(2,3)8-5-4-6-8;/h6-7H2,1-5H3;4-8H2,1-3H3;4-6H2,1-3H3;2*7H,5-6H2,1-4H3;4-6H2,1-3H3;1H4. The predicted molar refractivity (Wildman–Crippen MR) is 255 cm³/mol. The molecule has 6 rings (SSSR count). The van der Waals surface area contributed by atoms with Crippen molar-refractivity contribution in [3.63, 3.8) is 0 Å². The normalized spacial score (nSPS) is 23.9. The van der Waals surface area contributed by atoms with Gasteiger partial charge in [-0.25, -0.2) is 0 Å². The lowest BCUT2D eigenvalue weighted by Gasteiger charge is -2.52. The molecular formula is C50H106N6O. The van der Waals surface area contributed by atoms with Crippen molar-refractivity contribution < 1.29 is 4.79 Å². The zero-order chi connectivity index (χ0) is 43.7. The van der Waals surface area contributed by atoms with E-state index < -0.39 is 0 Å². The number of carbonyl (C=O) groups is 1. The third-order valence-corrected chi connectivity index (χ3v) is 12.4. The molecule has 0 aromatic heterocycles. The van der Waals surface area contributed by atoms with E-state index >= 15 is 0 Å². The Balaban J connectivity index is 0.000000659. The molecule has 0 spiro atoms. The quantitative estimate of drug-likeness (QED) is 0.243. The highest BCUT2D eigenvalue weighted by Crippen LogP contribution is 2.34. The van der Waals surface area contributed by atoms with Crippen molar-refractivity contribution in [2.24, 2.45) is 11.3 Å². The molecule has 0 aliphatic carbocycles. The maximum atomic E-state index is 11.1. The fourth-order valence-corrected chi connectivity index (χ4v) is 8.13. The third-order valence-electron chi connectivity index (χ3n) is 12.4. The molecule has 6 saturated heterocycles. The van der Waals surface area contributed by atoms with Crippen molar-refractivity contribution in [3.8, 4) is 0 Å². The van der Waals surface area contributed by atoms with Crippen molar-refractivity contribution in [1.82, 2.24) is 29.4 Å². The van der Waals surface area contributed by atoms with Gasteiger partial charge in [-0.15, -0.1) is 0 Å². The van der Waals surface area contributed by atoms with E-state index in [4.69, 9.17) is 0 Å². The minimum Gasteiger partial charge on any atom is -0.338 e. The Kier molecular flexibility index (Phi) is 22.1. The number of hydrogen-bond acceptors (Lipinski definition) is 6. The van der Waals surface area contributed by atoms with Crippen LogP contribution in [0, 0.1) is 11.3 Å². The molecule has 0 N–H and O–H groups in total. The molecule has 1 unspecified atom stereocenters. The van der Waals surface area contributed by atoms with Crippen LogP contribution in [0.2, 0.25) is 0 Å².